The lowest BCUT2D eigenvalue weighted by atomic mass is 10.1. The van der Waals surface area contributed by atoms with E-state index in [2.05, 4.69) is 5.32 Å². The van der Waals surface area contributed by atoms with Gasteiger partial charge in [0, 0.05) is 26.6 Å². The molecule has 0 aliphatic rings. The van der Waals surface area contributed by atoms with Crippen LogP contribution < -0.4 is 16.0 Å². The SMILES string of the molecule is CCNC(=O)CCN(C)c1ccc(C(=O)O)cc1N. The zero-order chi connectivity index (χ0) is 14.4. The molecule has 104 valence electrons. The van der Waals surface area contributed by atoms with Crippen molar-refractivity contribution in [2.24, 2.45) is 0 Å². The number of benzene rings is 1. The molecule has 0 saturated heterocycles. The second-order valence-corrected chi connectivity index (χ2v) is 4.20. The summed E-state index contributed by atoms with van der Waals surface area (Å²) in [5, 5.41) is 11.6. The summed E-state index contributed by atoms with van der Waals surface area (Å²) in [6, 6.07) is 4.56. The highest BCUT2D eigenvalue weighted by Gasteiger charge is 2.10. The van der Waals surface area contributed by atoms with Gasteiger partial charge >= 0.3 is 5.97 Å². The van der Waals surface area contributed by atoms with Crippen LogP contribution in [-0.4, -0.2) is 37.1 Å². The van der Waals surface area contributed by atoms with E-state index in [0.29, 0.717) is 30.9 Å². The fourth-order valence-corrected chi connectivity index (χ4v) is 1.71. The van der Waals surface area contributed by atoms with Crippen LogP contribution in [0.3, 0.4) is 0 Å². The molecule has 6 heteroatoms. The number of anilines is 2. The van der Waals surface area contributed by atoms with E-state index >= 15 is 0 Å². The maximum atomic E-state index is 11.4. The van der Waals surface area contributed by atoms with Crippen LogP contribution in [-0.2, 0) is 4.79 Å². The minimum atomic E-state index is -1.01. The third-order valence-corrected chi connectivity index (χ3v) is 2.73. The van der Waals surface area contributed by atoms with Crippen molar-refractivity contribution in [3.05, 3.63) is 23.8 Å². The molecule has 6 nitrogen and oxygen atoms in total. The lowest BCUT2D eigenvalue weighted by Crippen LogP contribution is -2.28. The van der Waals surface area contributed by atoms with Crippen molar-refractivity contribution < 1.29 is 14.7 Å². The lowest BCUT2D eigenvalue weighted by molar-refractivity contribution is -0.120. The van der Waals surface area contributed by atoms with Gasteiger partial charge in [0.15, 0.2) is 0 Å². The average Bonchev–Trinajstić information content (AvgIpc) is 2.36. The van der Waals surface area contributed by atoms with Gasteiger partial charge in [-0.05, 0) is 25.1 Å². The molecule has 0 unspecified atom stereocenters. The maximum Gasteiger partial charge on any atom is 0.335 e. The number of hydrogen-bond acceptors (Lipinski definition) is 4. The molecule has 0 saturated carbocycles. The van der Waals surface area contributed by atoms with Crippen molar-refractivity contribution in [1.29, 1.82) is 0 Å². The highest BCUT2D eigenvalue weighted by molar-refractivity contribution is 5.90. The predicted molar refractivity (Wildman–Crippen MR) is 74.4 cm³/mol. The Morgan fingerprint density at radius 1 is 1.42 bits per heavy atom. The molecule has 0 aliphatic heterocycles. The molecule has 0 fully saturated rings. The van der Waals surface area contributed by atoms with Crippen molar-refractivity contribution in [3.63, 3.8) is 0 Å². The van der Waals surface area contributed by atoms with E-state index in [1.165, 1.54) is 12.1 Å². The molecule has 19 heavy (non-hydrogen) atoms. The van der Waals surface area contributed by atoms with Crippen LogP contribution >= 0.6 is 0 Å². The maximum absolute atomic E-state index is 11.4. The normalized spacial score (nSPS) is 10.0. The van der Waals surface area contributed by atoms with Crippen LogP contribution in [0.25, 0.3) is 0 Å². The van der Waals surface area contributed by atoms with E-state index in [1.54, 1.807) is 6.07 Å². The standard InChI is InChI=1S/C13H19N3O3/c1-3-15-12(17)6-7-16(2)11-5-4-9(13(18)19)8-10(11)14/h4-5,8H,3,6-7,14H2,1-2H3,(H,15,17)(H,18,19). The van der Waals surface area contributed by atoms with Gasteiger partial charge in [0.1, 0.15) is 0 Å². The van der Waals surface area contributed by atoms with Crippen molar-refractivity contribution in [3.8, 4) is 0 Å². The van der Waals surface area contributed by atoms with E-state index < -0.39 is 5.97 Å². The predicted octanol–water partition coefficient (Wildman–Crippen LogP) is 0.929. The van der Waals surface area contributed by atoms with E-state index in [1.807, 2.05) is 18.9 Å². The van der Waals surface area contributed by atoms with Gasteiger partial charge in [0.25, 0.3) is 0 Å². The Hall–Kier alpha value is -2.24. The molecule has 1 amide bonds. The molecule has 0 atom stereocenters. The topological polar surface area (TPSA) is 95.7 Å². The first-order valence-corrected chi connectivity index (χ1v) is 6.06. The van der Waals surface area contributed by atoms with Gasteiger partial charge < -0.3 is 21.1 Å². The van der Waals surface area contributed by atoms with Gasteiger partial charge in [0.2, 0.25) is 5.91 Å². The fraction of sp³-hybridized carbons (Fsp3) is 0.385. The summed E-state index contributed by atoms with van der Waals surface area (Å²) in [5.74, 6) is -1.03. The molecule has 0 heterocycles. The largest absolute Gasteiger partial charge is 0.478 e. The zero-order valence-electron chi connectivity index (χ0n) is 11.1. The second kappa shape index (κ2) is 6.63. The summed E-state index contributed by atoms with van der Waals surface area (Å²) in [6.45, 7) is 2.99. The fourth-order valence-electron chi connectivity index (χ4n) is 1.71. The molecule has 0 bridgehead atoms. The Balaban J connectivity index is 2.69. The zero-order valence-corrected chi connectivity index (χ0v) is 11.1. The first kappa shape index (κ1) is 14.8. The number of carbonyl (C=O) groups excluding carboxylic acids is 1. The average molecular weight is 265 g/mol. The Morgan fingerprint density at radius 2 is 2.11 bits per heavy atom. The number of rotatable bonds is 6. The molecule has 0 radical (unpaired) electrons. The van der Waals surface area contributed by atoms with Crippen LogP contribution in [0.1, 0.15) is 23.7 Å². The molecule has 1 rings (SSSR count). The molecule has 1 aromatic rings. The third kappa shape index (κ3) is 4.17. The number of nitrogens with one attached hydrogen (secondary N) is 1. The monoisotopic (exact) mass is 265 g/mol. The van der Waals surface area contributed by atoms with Crippen molar-refractivity contribution in [2.45, 2.75) is 13.3 Å². The molecular formula is C13H19N3O3. The Morgan fingerprint density at radius 3 is 2.63 bits per heavy atom. The van der Waals surface area contributed by atoms with Crippen LogP contribution in [0.15, 0.2) is 18.2 Å². The van der Waals surface area contributed by atoms with Gasteiger partial charge in [0.05, 0.1) is 16.9 Å². The summed E-state index contributed by atoms with van der Waals surface area (Å²) in [6.07, 6.45) is 0.366. The summed E-state index contributed by atoms with van der Waals surface area (Å²) in [5.41, 5.74) is 7.08. The Labute approximate surface area is 112 Å². The third-order valence-electron chi connectivity index (χ3n) is 2.73. The number of nitrogens with two attached hydrogens (primary N) is 1. The van der Waals surface area contributed by atoms with Gasteiger partial charge in [-0.15, -0.1) is 0 Å². The van der Waals surface area contributed by atoms with Crippen LogP contribution in [0.5, 0.6) is 0 Å². The minimum Gasteiger partial charge on any atom is -0.478 e. The summed E-state index contributed by atoms with van der Waals surface area (Å²) in [7, 11) is 1.81. The smallest absolute Gasteiger partial charge is 0.335 e. The van der Waals surface area contributed by atoms with Gasteiger partial charge in [-0.3, -0.25) is 4.79 Å². The lowest BCUT2D eigenvalue weighted by Gasteiger charge is -2.21. The molecule has 4 N–H and O–H groups in total. The summed E-state index contributed by atoms with van der Waals surface area (Å²) in [4.78, 5) is 24.0. The number of hydrogen-bond donors (Lipinski definition) is 3. The number of carbonyl (C=O) groups is 2. The highest BCUT2D eigenvalue weighted by atomic mass is 16.4. The van der Waals surface area contributed by atoms with E-state index in [0.717, 1.165) is 0 Å². The Bertz CT molecular complexity index is 474. The van der Waals surface area contributed by atoms with Gasteiger partial charge in [-0.25, -0.2) is 4.79 Å². The van der Waals surface area contributed by atoms with Crippen molar-refractivity contribution in [2.75, 3.05) is 30.8 Å². The van der Waals surface area contributed by atoms with E-state index in [9.17, 15) is 9.59 Å². The number of nitrogen functional groups attached to an aromatic ring is 1. The molecular weight excluding hydrogens is 246 g/mol. The summed E-state index contributed by atoms with van der Waals surface area (Å²) < 4.78 is 0. The molecule has 0 aliphatic carbocycles. The number of carboxylic acids is 1. The first-order valence-electron chi connectivity index (χ1n) is 6.06. The second-order valence-electron chi connectivity index (χ2n) is 4.20. The van der Waals surface area contributed by atoms with Crippen molar-refractivity contribution >= 4 is 23.3 Å². The molecule has 1 aromatic carbocycles. The van der Waals surface area contributed by atoms with Crippen molar-refractivity contribution in [1.82, 2.24) is 5.32 Å². The van der Waals surface area contributed by atoms with E-state index in [-0.39, 0.29) is 11.5 Å². The number of aromatic carboxylic acids is 1. The Kier molecular flexibility index (Phi) is 5.17. The molecule has 0 spiro atoms. The first-order chi connectivity index (χ1) is 8.95. The van der Waals surface area contributed by atoms with E-state index in [4.69, 9.17) is 10.8 Å². The van der Waals surface area contributed by atoms with Crippen LogP contribution in [0, 0.1) is 0 Å². The minimum absolute atomic E-state index is 0.0184. The number of amides is 1. The number of carboxylic acid groups (broad SMARTS) is 1. The summed E-state index contributed by atoms with van der Waals surface area (Å²) >= 11 is 0. The highest BCUT2D eigenvalue weighted by Crippen LogP contribution is 2.23. The molecule has 0 aromatic heterocycles. The van der Waals surface area contributed by atoms with Gasteiger partial charge in [-0.1, -0.05) is 0 Å². The quantitative estimate of drug-likeness (QED) is 0.665. The van der Waals surface area contributed by atoms with Gasteiger partial charge in [-0.2, -0.15) is 0 Å². The van der Waals surface area contributed by atoms with Crippen LogP contribution in [0.4, 0.5) is 11.4 Å². The van der Waals surface area contributed by atoms with Crippen LogP contribution in [0.2, 0.25) is 0 Å². The number of nitrogens with zero attached hydrogens (tertiary/aromatic N) is 1.